The van der Waals surface area contributed by atoms with Crippen LogP contribution < -0.4 is 10.6 Å². The van der Waals surface area contributed by atoms with Gasteiger partial charge in [-0.3, -0.25) is 10.1 Å². The first-order valence-corrected chi connectivity index (χ1v) is 6.15. The first-order valence-electron chi connectivity index (χ1n) is 6.15. The Labute approximate surface area is 119 Å². The molecule has 0 aliphatic carbocycles. The highest BCUT2D eigenvalue weighted by Gasteiger charge is 2.28. The van der Waals surface area contributed by atoms with Crippen LogP contribution in [0.15, 0.2) is 30.3 Å². The van der Waals surface area contributed by atoms with E-state index in [0.29, 0.717) is 6.42 Å². The zero-order chi connectivity index (χ0) is 15.9. The van der Waals surface area contributed by atoms with Gasteiger partial charge in [0.15, 0.2) is 0 Å². The predicted octanol–water partition coefficient (Wildman–Crippen LogP) is 1.37. The largest absolute Gasteiger partial charge is 0.405 e. The molecule has 3 N–H and O–H groups in total. The van der Waals surface area contributed by atoms with Crippen LogP contribution in [-0.2, 0) is 11.2 Å². The fourth-order valence-corrected chi connectivity index (χ4v) is 1.50. The summed E-state index contributed by atoms with van der Waals surface area (Å²) in [6.07, 6.45) is -5.57. The molecule has 0 saturated carbocycles. The van der Waals surface area contributed by atoms with Crippen molar-refractivity contribution >= 4 is 11.9 Å². The predicted molar refractivity (Wildman–Crippen MR) is 68.4 cm³/mol. The number of aliphatic hydroxyl groups excluding tert-OH is 1. The van der Waals surface area contributed by atoms with Gasteiger partial charge in [-0.05, 0) is 18.4 Å². The van der Waals surface area contributed by atoms with Crippen LogP contribution in [0.3, 0.4) is 0 Å². The van der Waals surface area contributed by atoms with Gasteiger partial charge in [-0.2, -0.15) is 13.2 Å². The number of imide groups is 1. The number of carbonyl (C=O) groups is 2. The van der Waals surface area contributed by atoms with Gasteiger partial charge in [-0.25, -0.2) is 4.79 Å². The van der Waals surface area contributed by atoms with Crippen molar-refractivity contribution in [3.63, 3.8) is 0 Å². The Morgan fingerprint density at radius 1 is 1.19 bits per heavy atom. The molecule has 1 unspecified atom stereocenters. The molecule has 1 rings (SSSR count). The quantitative estimate of drug-likeness (QED) is 0.769. The van der Waals surface area contributed by atoms with Gasteiger partial charge < -0.3 is 10.4 Å². The second-order valence-electron chi connectivity index (χ2n) is 4.33. The van der Waals surface area contributed by atoms with Crippen LogP contribution in [0.5, 0.6) is 0 Å². The molecule has 0 spiro atoms. The highest BCUT2D eigenvalue weighted by Crippen LogP contribution is 2.12. The standard InChI is InChI=1S/C13H15F3N2O3/c14-13(15,16)8-17-12(21)18-11(20)10(19)7-6-9-4-2-1-3-5-9/h1-5,10,19H,6-8H2,(H2,17,18,20,21). The third-order valence-corrected chi connectivity index (χ3v) is 2.54. The third-order valence-electron chi connectivity index (χ3n) is 2.54. The second-order valence-corrected chi connectivity index (χ2v) is 4.33. The van der Waals surface area contributed by atoms with Crippen molar-refractivity contribution in [2.24, 2.45) is 0 Å². The molecule has 0 saturated heterocycles. The molecule has 1 aromatic carbocycles. The second kappa shape index (κ2) is 7.63. The number of rotatable bonds is 5. The van der Waals surface area contributed by atoms with Crippen molar-refractivity contribution in [3.05, 3.63) is 35.9 Å². The molecule has 21 heavy (non-hydrogen) atoms. The van der Waals surface area contributed by atoms with Crippen molar-refractivity contribution in [2.75, 3.05) is 6.54 Å². The molecule has 5 nitrogen and oxygen atoms in total. The average Bonchev–Trinajstić information content (AvgIpc) is 2.43. The molecule has 0 aliphatic rings. The van der Waals surface area contributed by atoms with E-state index >= 15 is 0 Å². The molecule has 0 radical (unpaired) electrons. The number of aryl methyl sites for hydroxylation is 1. The van der Waals surface area contributed by atoms with Gasteiger partial charge in [-0.1, -0.05) is 30.3 Å². The lowest BCUT2D eigenvalue weighted by atomic mass is 10.1. The molecule has 0 heterocycles. The van der Waals surface area contributed by atoms with Gasteiger partial charge in [-0.15, -0.1) is 0 Å². The van der Waals surface area contributed by atoms with E-state index in [4.69, 9.17) is 0 Å². The number of benzene rings is 1. The van der Waals surface area contributed by atoms with Crippen LogP contribution in [0, 0.1) is 0 Å². The lowest BCUT2D eigenvalue weighted by Gasteiger charge is -2.12. The summed E-state index contributed by atoms with van der Waals surface area (Å²) in [5.41, 5.74) is 0.894. The van der Waals surface area contributed by atoms with E-state index in [2.05, 4.69) is 0 Å². The lowest BCUT2D eigenvalue weighted by Crippen LogP contribution is -2.46. The first kappa shape index (κ1) is 17.0. The van der Waals surface area contributed by atoms with Gasteiger partial charge in [0.05, 0.1) is 0 Å². The van der Waals surface area contributed by atoms with E-state index in [9.17, 15) is 27.9 Å². The van der Waals surface area contributed by atoms with E-state index in [1.807, 2.05) is 6.07 Å². The topological polar surface area (TPSA) is 78.4 Å². The summed E-state index contributed by atoms with van der Waals surface area (Å²) in [6.45, 7) is -1.55. The normalized spacial score (nSPS) is 12.6. The maximum absolute atomic E-state index is 11.8. The fraction of sp³-hybridized carbons (Fsp3) is 0.385. The molecule has 1 atom stereocenters. The molecule has 0 aromatic heterocycles. The Hall–Kier alpha value is -2.09. The van der Waals surface area contributed by atoms with Gasteiger partial charge in [0.2, 0.25) is 0 Å². The van der Waals surface area contributed by atoms with E-state index in [1.165, 1.54) is 5.32 Å². The maximum atomic E-state index is 11.8. The highest BCUT2D eigenvalue weighted by molar-refractivity contribution is 5.96. The maximum Gasteiger partial charge on any atom is 0.405 e. The van der Waals surface area contributed by atoms with Crippen LogP contribution in [0.1, 0.15) is 12.0 Å². The smallest absolute Gasteiger partial charge is 0.383 e. The third kappa shape index (κ3) is 7.31. The van der Waals surface area contributed by atoms with Crippen LogP contribution >= 0.6 is 0 Å². The van der Waals surface area contributed by atoms with Crippen molar-refractivity contribution in [1.29, 1.82) is 0 Å². The number of hydrogen-bond acceptors (Lipinski definition) is 3. The number of nitrogens with one attached hydrogen (secondary N) is 2. The number of alkyl halides is 3. The Bertz CT molecular complexity index is 477. The summed E-state index contributed by atoms with van der Waals surface area (Å²) in [5.74, 6) is -1.04. The van der Waals surface area contributed by atoms with Crippen LogP contribution in [0.2, 0.25) is 0 Å². The number of halogens is 3. The zero-order valence-electron chi connectivity index (χ0n) is 11.0. The highest BCUT2D eigenvalue weighted by atomic mass is 19.4. The van der Waals surface area contributed by atoms with Crippen molar-refractivity contribution in [1.82, 2.24) is 10.6 Å². The Balaban J connectivity index is 2.32. The van der Waals surface area contributed by atoms with E-state index < -0.39 is 30.8 Å². The average molecular weight is 304 g/mol. The van der Waals surface area contributed by atoms with Gasteiger partial charge in [0.25, 0.3) is 5.91 Å². The summed E-state index contributed by atoms with van der Waals surface area (Å²) < 4.78 is 35.5. The van der Waals surface area contributed by atoms with Crippen LogP contribution in [-0.4, -0.2) is 35.9 Å². The molecule has 0 bridgehead atoms. The SMILES string of the molecule is O=C(NCC(F)(F)F)NC(=O)C(O)CCc1ccccc1. The van der Waals surface area contributed by atoms with Crippen molar-refractivity contribution in [3.8, 4) is 0 Å². The zero-order valence-corrected chi connectivity index (χ0v) is 11.0. The monoisotopic (exact) mass is 304 g/mol. The summed E-state index contributed by atoms with van der Waals surface area (Å²) in [6, 6.07) is 7.73. The summed E-state index contributed by atoms with van der Waals surface area (Å²) >= 11 is 0. The molecule has 1 aromatic rings. The number of amides is 3. The van der Waals surface area contributed by atoms with Crippen LogP contribution in [0.4, 0.5) is 18.0 Å². The van der Waals surface area contributed by atoms with Gasteiger partial charge in [0, 0.05) is 0 Å². The first-order chi connectivity index (χ1) is 9.78. The Morgan fingerprint density at radius 2 is 1.81 bits per heavy atom. The summed E-state index contributed by atoms with van der Waals surface area (Å²) in [4.78, 5) is 22.4. The minimum atomic E-state index is -4.56. The van der Waals surface area contributed by atoms with Crippen molar-refractivity contribution in [2.45, 2.75) is 25.1 Å². The minimum absolute atomic E-state index is 0.0579. The van der Waals surface area contributed by atoms with E-state index in [0.717, 1.165) is 5.56 Å². The summed E-state index contributed by atoms with van der Waals surface area (Å²) in [5, 5.41) is 12.7. The number of aliphatic hydroxyl groups is 1. The van der Waals surface area contributed by atoms with Crippen molar-refractivity contribution < 1.29 is 27.9 Å². The molecule has 0 fully saturated rings. The number of carbonyl (C=O) groups excluding carboxylic acids is 2. The van der Waals surface area contributed by atoms with Gasteiger partial charge >= 0.3 is 12.2 Å². The van der Waals surface area contributed by atoms with Gasteiger partial charge in [0.1, 0.15) is 12.6 Å². The molecular weight excluding hydrogens is 289 g/mol. The van der Waals surface area contributed by atoms with E-state index in [-0.39, 0.29) is 6.42 Å². The fourth-order valence-electron chi connectivity index (χ4n) is 1.50. The lowest BCUT2D eigenvalue weighted by molar-refractivity contribution is -0.129. The Kier molecular flexibility index (Phi) is 6.16. The molecular formula is C13H15F3N2O3. The van der Waals surface area contributed by atoms with Crippen LogP contribution in [0.25, 0.3) is 0 Å². The molecule has 8 heteroatoms. The summed E-state index contributed by atoms with van der Waals surface area (Å²) in [7, 11) is 0. The van der Waals surface area contributed by atoms with E-state index in [1.54, 1.807) is 29.6 Å². The molecule has 116 valence electrons. The Morgan fingerprint density at radius 3 is 2.38 bits per heavy atom. The molecule has 0 aliphatic heterocycles. The number of hydrogen-bond donors (Lipinski definition) is 3. The molecule has 3 amide bonds. The minimum Gasteiger partial charge on any atom is -0.383 e. The number of urea groups is 1.